The van der Waals surface area contributed by atoms with Crippen molar-refractivity contribution in [1.82, 2.24) is 0 Å². The van der Waals surface area contributed by atoms with Crippen LogP contribution in [0.5, 0.6) is 0 Å². The third-order valence-corrected chi connectivity index (χ3v) is 4.38. The lowest BCUT2D eigenvalue weighted by Crippen LogP contribution is -2.31. The van der Waals surface area contributed by atoms with Crippen molar-refractivity contribution in [2.75, 3.05) is 13.2 Å². The van der Waals surface area contributed by atoms with E-state index in [9.17, 15) is 9.59 Å². The summed E-state index contributed by atoms with van der Waals surface area (Å²) in [7, 11) is 0. The predicted octanol–water partition coefficient (Wildman–Crippen LogP) is 5.91. The van der Waals surface area contributed by atoms with Gasteiger partial charge in [0.1, 0.15) is 0 Å². The number of rotatable bonds is 18. The van der Waals surface area contributed by atoms with Gasteiger partial charge in [0.2, 0.25) is 11.6 Å². The molecule has 0 aliphatic rings. The first-order valence-electron chi connectivity index (χ1n) is 11.3. The summed E-state index contributed by atoms with van der Waals surface area (Å²) in [4.78, 5) is 23.8. The molecule has 0 aliphatic carbocycles. The highest BCUT2D eigenvalue weighted by Gasteiger charge is 2.23. The van der Waals surface area contributed by atoms with Crippen molar-refractivity contribution in [2.45, 2.75) is 124 Å². The quantitative estimate of drug-likeness (QED) is 0.157. The molecule has 0 heterocycles. The molecule has 0 saturated carbocycles. The van der Waals surface area contributed by atoms with Gasteiger partial charge in [0, 0.05) is 40.5 Å². The van der Waals surface area contributed by atoms with E-state index in [1.807, 2.05) is 0 Å². The van der Waals surface area contributed by atoms with Gasteiger partial charge >= 0.3 is 11.9 Å². The van der Waals surface area contributed by atoms with Crippen LogP contribution in [0.3, 0.4) is 0 Å². The summed E-state index contributed by atoms with van der Waals surface area (Å²) >= 11 is 0. The van der Waals surface area contributed by atoms with Gasteiger partial charge < -0.3 is 18.9 Å². The lowest BCUT2D eigenvalue weighted by molar-refractivity contribution is -0.217. The molecule has 0 radical (unpaired) electrons. The Morgan fingerprint density at radius 3 is 1.28 bits per heavy atom. The van der Waals surface area contributed by atoms with E-state index in [1.165, 1.54) is 0 Å². The maximum absolute atomic E-state index is 11.9. The summed E-state index contributed by atoms with van der Waals surface area (Å²) < 4.78 is 22.0. The molecular formula is C23H44O6. The molecule has 6 heteroatoms. The van der Waals surface area contributed by atoms with Gasteiger partial charge in [-0.05, 0) is 25.7 Å². The van der Waals surface area contributed by atoms with Gasteiger partial charge in [0.25, 0.3) is 0 Å². The van der Waals surface area contributed by atoms with Gasteiger partial charge in [-0.2, -0.15) is 0 Å². The summed E-state index contributed by atoms with van der Waals surface area (Å²) in [6.45, 7) is 12.5. The number of ether oxygens (including phenoxy) is 4. The molecule has 0 unspecified atom stereocenters. The Kier molecular flexibility index (Phi) is 15.1. The lowest BCUT2D eigenvalue weighted by Gasteiger charge is -2.25. The van der Waals surface area contributed by atoms with Crippen LogP contribution < -0.4 is 0 Å². The zero-order valence-corrected chi connectivity index (χ0v) is 19.6. The van der Waals surface area contributed by atoms with Crippen molar-refractivity contribution >= 4 is 11.9 Å². The molecule has 0 spiro atoms. The minimum absolute atomic E-state index is 0.222. The second kappa shape index (κ2) is 15.7. The Morgan fingerprint density at radius 2 is 0.931 bits per heavy atom. The highest BCUT2D eigenvalue weighted by molar-refractivity contribution is 5.70. The number of hydrogen-bond acceptors (Lipinski definition) is 6. The van der Waals surface area contributed by atoms with Crippen molar-refractivity contribution in [3.8, 4) is 0 Å². The molecule has 0 amide bonds. The van der Waals surface area contributed by atoms with Gasteiger partial charge in [0.15, 0.2) is 0 Å². The number of hydrogen-bond donors (Lipinski definition) is 0. The highest BCUT2D eigenvalue weighted by Crippen LogP contribution is 2.17. The molecule has 0 bridgehead atoms. The smallest absolute Gasteiger partial charge is 0.308 e. The second-order valence-corrected chi connectivity index (χ2v) is 8.42. The van der Waals surface area contributed by atoms with Crippen molar-refractivity contribution in [3.63, 3.8) is 0 Å². The van der Waals surface area contributed by atoms with E-state index in [1.54, 1.807) is 27.7 Å². The molecule has 0 saturated heterocycles. The molecule has 0 N–H and O–H groups in total. The van der Waals surface area contributed by atoms with Crippen LogP contribution in [0.4, 0.5) is 0 Å². The van der Waals surface area contributed by atoms with Gasteiger partial charge in [-0.3, -0.25) is 9.59 Å². The highest BCUT2D eigenvalue weighted by atomic mass is 16.7. The monoisotopic (exact) mass is 416 g/mol. The van der Waals surface area contributed by atoms with Crippen LogP contribution in [0.25, 0.3) is 0 Å². The fourth-order valence-electron chi connectivity index (χ4n) is 2.70. The summed E-state index contributed by atoms with van der Waals surface area (Å²) in [6.07, 6.45) is 9.22. The van der Waals surface area contributed by atoms with Gasteiger partial charge in [-0.15, -0.1) is 0 Å². The minimum atomic E-state index is -0.860. The average Bonchev–Trinajstić information content (AvgIpc) is 2.60. The van der Waals surface area contributed by atoms with E-state index < -0.39 is 11.6 Å². The third-order valence-electron chi connectivity index (χ3n) is 4.38. The van der Waals surface area contributed by atoms with Gasteiger partial charge in [-0.1, -0.05) is 46.0 Å². The Bertz CT molecular complexity index is 405. The first-order valence-corrected chi connectivity index (χ1v) is 11.3. The normalized spacial score (nSPS) is 12.1. The molecular weight excluding hydrogens is 372 g/mol. The van der Waals surface area contributed by atoms with Crippen molar-refractivity contribution in [3.05, 3.63) is 0 Å². The molecule has 0 aromatic heterocycles. The van der Waals surface area contributed by atoms with Crippen LogP contribution in [0.15, 0.2) is 0 Å². The van der Waals surface area contributed by atoms with E-state index >= 15 is 0 Å². The first kappa shape index (κ1) is 27.9. The molecule has 0 aromatic rings. The fourth-order valence-corrected chi connectivity index (χ4v) is 2.70. The Hall–Kier alpha value is -1.14. The molecule has 29 heavy (non-hydrogen) atoms. The van der Waals surface area contributed by atoms with Crippen LogP contribution in [-0.4, -0.2) is 36.7 Å². The van der Waals surface area contributed by atoms with Crippen LogP contribution in [0, 0.1) is 0 Å². The molecule has 0 aromatic carbocycles. The molecule has 6 nitrogen and oxygen atoms in total. The minimum Gasteiger partial charge on any atom is -0.434 e. The largest absolute Gasteiger partial charge is 0.434 e. The number of carbonyl (C=O) groups is 2. The van der Waals surface area contributed by atoms with Gasteiger partial charge in [-0.25, -0.2) is 0 Å². The number of carbonyl (C=O) groups excluding carboxylic acids is 2. The Balaban J connectivity index is 3.74. The molecule has 0 aliphatic heterocycles. The van der Waals surface area contributed by atoms with Crippen LogP contribution in [-0.2, 0) is 28.5 Å². The van der Waals surface area contributed by atoms with Crippen molar-refractivity contribution in [1.29, 1.82) is 0 Å². The van der Waals surface area contributed by atoms with Crippen molar-refractivity contribution < 1.29 is 28.5 Å². The lowest BCUT2D eigenvalue weighted by atomic mass is 10.1. The predicted molar refractivity (Wildman–Crippen MR) is 114 cm³/mol. The van der Waals surface area contributed by atoms with E-state index in [0.29, 0.717) is 26.1 Å². The maximum atomic E-state index is 11.9. The standard InChI is InChI=1S/C23H44O6/c1-7-9-18-26-22(3,4)28-20(24)16-14-12-11-13-15-17-21(25)29-23(5,6)27-19-10-8-2/h7-19H2,1-6H3. The fraction of sp³-hybridized carbons (Fsp3) is 0.913. The zero-order valence-electron chi connectivity index (χ0n) is 19.6. The van der Waals surface area contributed by atoms with Crippen LogP contribution >= 0.6 is 0 Å². The number of unbranched alkanes of at least 4 members (excludes halogenated alkanes) is 6. The van der Waals surface area contributed by atoms with E-state index in [-0.39, 0.29) is 11.9 Å². The van der Waals surface area contributed by atoms with E-state index in [4.69, 9.17) is 18.9 Å². The third kappa shape index (κ3) is 17.4. The molecule has 0 rings (SSSR count). The Morgan fingerprint density at radius 1 is 0.586 bits per heavy atom. The first-order chi connectivity index (χ1) is 13.6. The summed E-state index contributed by atoms with van der Waals surface area (Å²) in [6, 6.07) is 0. The Labute approximate surface area is 178 Å². The average molecular weight is 417 g/mol. The molecule has 0 fully saturated rings. The topological polar surface area (TPSA) is 71.1 Å². The summed E-state index contributed by atoms with van der Waals surface area (Å²) in [5, 5.41) is 0. The summed E-state index contributed by atoms with van der Waals surface area (Å²) in [5.41, 5.74) is 0. The second-order valence-electron chi connectivity index (χ2n) is 8.42. The molecule has 172 valence electrons. The van der Waals surface area contributed by atoms with E-state index in [2.05, 4.69) is 13.8 Å². The van der Waals surface area contributed by atoms with Crippen LogP contribution in [0.2, 0.25) is 0 Å². The van der Waals surface area contributed by atoms with Crippen molar-refractivity contribution in [2.24, 2.45) is 0 Å². The maximum Gasteiger partial charge on any atom is 0.308 e. The zero-order chi connectivity index (χ0) is 22.2. The molecule has 0 atom stereocenters. The van der Waals surface area contributed by atoms with Gasteiger partial charge in [0.05, 0.1) is 13.2 Å². The summed E-state index contributed by atoms with van der Waals surface area (Å²) in [5.74, 6) is -2.16. The SMILES string of the molecule is CCCCOC(C)(C)OC(=O)CCCCCCCC(=O)OC(C)(C)OCCCC. The van der Waals surface area contributed by atoms with E-state index in [0.717, 1.165) is 57.8 Å². The number of esters is 2. The van der Waals surface area contributed by atoms with Crippen LogP contribution in [0.1, 0.15) is 112 Å².